The highest BCUT2D eigenvalue weighted by atomic mass is 35.5. The molecule has 23 heavy (non-hydrogen) atoms. The van der Waals surface area contributed by atoms with Gasteiger partial charge in [0.25, 0.3) is 11.5 Å². The summed E-state index contributed by atoms with van der Waals surface area (Å²) in [6, 6.07) is 19.0. The van der Waals surface area contributed by atoms with E-state index in [0.717, 1.165) is 5.69 Å². The van der Waals surface area contributed by atoms with Crippen LogP contribution in [0.5, 0.6) is 0 Å². The Hall–Kier alpha value is -2.85. The van der Waals surface area contributed by atoms with E-state index in [1.54, 1.807) is 36.5 Å². The van der Waals surface area contributed by atoms with Gasteiger partial charge < -0.3 is 5.32 Å². The van der Waals surface area contributed by atoms with Gasteiger partial charge in [0.1, 0.15) is 0 Å². The van der Waals surface area contributed by atoms with Gasteiger partial charge in [-0.05, 0) is 30.3 Å². The maximum atomic E-state index is 12.3. The Morgan fingerprint density at radius 1 is 0.913 bits per heavy atom. The van der Waals surface area contributed by atoms with Gasteiger partial charge in [0.15, 0.2) is 0 Å². The molecule has 5 heteroatoms. The summed E-state index contributed by atoms with van der Waals surface area (Å²) in [6.45, 7) is 0. The molecule has 1 amide bonds. The molecule has 0 spiro atoms. The van der Waals surface area contributed by atoms with Crippen LogP contribution in [0.25, 0.3) is 5.69 Å². The molecule has 2 aromatic carbocycles. The molecule has 0 fully saturated rings. The maximum absolute atomic E-state index is 12.3. The molecule has 3 rings (SSSR count). The number of nitrogens with one attached hydrogen (secondary N) is 1. The molecular weight excluding hydrogens is 312 g/mol. The third-order valence-corrected chi connectivity index (χ3v) is 3.65. The van der Waals surface area contributed by atoms with Gasteiger partial charge in [0, 0.05) is 18.0 Å². The lowest BCUT2D eigenvalue weighted by Gasteiger charge is -2.10. The van der Waals surface area contributed by atoms with Crippen molar-refractivity contribution in [1.29, 1.82) is 0 Å². The normalized spacial score (nSPS) is 10.3. The first-order valence-electron chi connectivity index (χ1n) is 6.99. The second-order valence-electron chi connectivity index (χ2n) is 4.90. The van der Waals surface area contributed by atoms with E-state index < -0.39 is 0 Å². The molecule has 0 aliphatic heterocycles. The van der Waals surface area contributed by atoms with E-state index in [4.69, 9.17) is 11.6 Å². The number of aromatic nitrogens is 1. The first-order chi connectivity index (χ1) is 11.1. The summed E-state index contributed by atoms with van der Waals surface area (Å²) < 4.78 is 1.47. The van der Waals surface area contributed by atoms with Gasteiger partial charge in [0.2, 0.25) is 0 Å². The minimum absolute atomic E-state index is 0.174. The molecular formula is C18H13ClN2O2. The van der Waals surface area contributed by atoms with Gasteiger partial charge in [0.05, 0.1) is 16.3 Å². The predicted octanol–water partition coefficient (Wildman–Crippen LogP) is 3.74. The highest BCUT2D eigenvalue weighted by Gasteiger charge is 2.10. The number of benzene rings is 2. The molecule has 0 saturated carbocycles. The van der Waals surface area contributed by atoms with Gasteiger partial charge >= 0.3 is 0 Å². The fourth-order valence-corrected chi connectivity index (χ4v) is 2.42. The zero-order valence-electron chi connectivity index (χ0n) is 12.1. The van der Waals surface area contributed by atoms with Crippen molar-refractivity contribution in [1.82, 2.24) is 4.57 Å². The average Bonchev–Trinajstić information content (AvgIpc) is 2.57. The molecule has 1 N–H and O–H groups in total. The van der Waals surface area contributed by atoms with Crippen molar-refractivity contribution in [3.8, 4) is 5.69 Å². The number of hydrogen-bond acceptors (Lipinski definition) is 2. The average molecular weight is 325 g/mol. The van der Waals surface area contributed by atoms with E-state index >= 15 is 0 Å². The fourth-order valence-electron chi connectivity index (χ4n) is 2.20. The molecule has 0 aliphatic rings. The van der Waals surface area contributed by atoms with Crippen molar-refractivity contribution in [2.45, 2.75) is 0 Å². The van der Waals surface area contributed by atoms with Crippen LogP contribution in [0.2, 0.25) is 5.02 Å². The number of halogens is 1. The van der Waals surface area contributed by atoms with Crippen LogP contribution in [0.15, 0.2) is 77.7 Å². The molecule has 114 valence electrons. The predicted molar refractivity (Wildman–Crippen MR) is 91.4 cm³/mol. The second-order valence-corrected chi connectivity index (χ2v) is 5.30. The standard InChI is InChI=1S/C18H13ClN2O2/c19-16-9-5-4-8-15(16)18(23)20-13-10-11-17(22)21(12-13)14-6-2-1-3-7-14/h1-12H,(H,20,23). The van der Waals surface area contributed by atoms with Crippen LogP contribution in [0.1, 0.15) is 10.4 Å². The summed E-state index contributed by atoms with van der Waals surface area (Å²) >= 11 is 6.02. The molecule has 0 aliphatic carbocycles. The SMILES string of the molecule is O=C(Nc1ccc(=O)n(-c2ccccc2)c1)c1ccccc1Cl. The largest absolute Gasteiger partial charge is 0.321 e. The molecule has 4 nitrogen and oxygen atoms in total. The minimum Gasteiger partial charge on any atom is -0.321 e. The quantitative estimate of drug-likeness (QED) is 0.798. The van der Waals surface area contributed by atoms with Crippen LogP contribution in [-0.4, -0.2) is 10.5 Å². The summed E-state index contributed by atoms with van der Waals surface area (Å²) in [5, 5.41) is 3.13. The monoisotopic (exact) mass is 324 g/mol. The van der Waals surface area contributed by atoms with Crippen molar-refractivity contribution in [3.63, 3.8) is 0 Å². The topological polar surface area (TPSA) is 51.1 Å². The Morgan fingerprint density at radius 3 is 2.35 bits per heavy atom. The first-order valence-corrected chi connectivity index (χ1v) is 7.37. The summed E-state index contributed by atoms with van der Waals surface area (Å²) in [5.41, 5.74) is 1.45. The first kappa shape index (κ1) is 15.1. The lowest BCUT2D eigenvalue weighted by Crippen LogP contribution is -2.19. The third kappa shape index (κ3) is 3.33. The fraction of sp³-hybridized carbons (Fsp3) is 0. The number of carbonyl (C=O) groups is 1. The molecule has 1 heterocycles. The van der Waals surface area contributed by atoms with Crippen LogP contribution < -0.4 is 10.9 Å². The van der Waals surface area contributed by atoms with E-state index in [1.165, 1.54) is 10.6 Å². The van der Waals surface area contributed by atoms with E-state index in [9.17, 15) is 9.59 Å². The summed E-state index contributed by atoms with van der Waals surface area (Å²) in [4.78, 5) is 24.3. The number of nitrogens with zero attached hydrogens (tertiary/aromatic N) is 1. The summed E-state index contributed by atoms with van der Waals surface area (Å²) in [6.07, 6.45) is 1.59. The number of pyridine rings is 1. The highest BCUT2D eigenvalue weighted by molar-refractivity contribution is 6.34. The van der Waals surface area contributed by atoms with Crippen molar-refractivity contribution < 1.29 is 4.79 Å². The smallest absolute Gasteiger partial charge is 0.257 e. The molecule has 0 bridgehead atoms. The van der Waals surface area contributed by atoms with Crippen molar-refractivity contribution in [2.75, 3.05) is 5.32 Å². The van der Waals surface area contributed by atoms with E-state index in [2.05, 4.69) is 5.32 Å². The molecule has 0 atom stereocenters. The van der Waals surface area contributed by atoms with Gasteiger partial charge in [-0.2, -0.15) is 0 Å². The lowest BCUT2D eigenvalue weighted by molar-refractivity contribution is 0.102. The summed E-state index contributed by atoms with van der Waals surface area (Å²) in [7, 11) is 0. The number of para-hydroxylation sites is 1. The zero-order chi connectivity index (χ0) is 16.2. The molecule has 1 aromatic heterocycles. The van der Waals surface area contributed by atoms with E-state index in [-0.39, 0.29) is 11.5 Å². The van der Waals surface area contributed by atoms with Gasteiger partial charge in [-0.3, -0.25) is 14.2 Å². The number of hydrogen-bond donors (Lipinski definition) is 1. The van der Waals surface area contributed by atoms with Gasteiger partial charge in [-0.1, -0.05) is 41.9 Å². The third-order valence-electron chi connectivity index (χ3n) is 3.32. The second kappa shape index (κ2) is 6.50. The van der Waals surface area contributed by atoms with E-state index in [1.807, 2.05) is 30.3 Å². The van der Waals surface area contributed by atoms with E-state index in [0.29, 0.717) is 16.3 Å². The molecule has 0 unspecified atom stereocenters. The summed E-state index contributed by atoms with van der Waals surface area (Å²) in [5.74, 6) is -0.325. The Labute approximate surface area is 138 Å². The van der Waals surface area contributed by atoms with Crippen LogP contribution in [0.4, 0.5) is 5.69 Å². The van der Waals surface area contributed by atoms with Crippen molar-refractivity contribution in [2.24, 2.45) is 0 Å². The van der Waals surface area contributed by atoms with Crippen LogP contribution in [-0.2, 0) is 0 Å². The Morgan fingerprint density at radius 2 is 1.61 bits per heavy atom. The van der Waals surface area contributed by atoms with Crippen molar-refractivity contribution >= 4 is 23.2 Å². The van der Waals surface area contributed by atoms with Crippen molar-refractivity contribution in [3.05, 3.63) is 93.9 Å². The van der Waals surface area contributed by atoms with Crippen LogP contribution in [0, 0.1) is 0 Å². The zero-order valence-corrected chi connectivity index (χ0v) is 12.8. The molecule has 0 saturated heterocycles. The number of anilines is 1. The van der Waals surface area contributed by atoms with Crippen LogP contribution in [0.3, 0.4) is 0 Å². The van der Waals surface area contributed by atoms with Crippen LogP contribution >= 0.6 is 11.6 Å². The maximum Gasteiger partial charge on any atom is 0.257 e. The minimum atomic E-state index is -0.325. The Balaban J connectivity index is 1.92. The number of carbonyl (C=O) groups excluding carboxylic acids is 1. The molecule has 0 radical (unpaired) electrons. The number of rotatable bonds is 3. The Kier molecular flexibility index (Phi) is 4.26. The Bertz CT molecular complexity index is 904. The molecule has 3 aromatic rings. The van der Waals surface area contributed by atoms with Gasteiger partial charge in [-0.15, -0.1) is 0 Å². The number of amides is 1. The highest BCUT2D eigenvalue weighted by Crippen LogP contribution is 2.17. The lowest BCUT2D eigenvalue weighted by atomic mass is 10.2. The van der Waals surface area contributed by atoms with Gasteiger partial charge in [-0.25, -0.2) is 0 Å².